The quantitative estimate of drug-likeness (QED) is 0.819. The van der Waals surface area contributed by atoms with Gasteiger partial charge in [-0.15, -0.1) is 0 Å². The summed E-state index contributed by atoms with van der Waals surface area (Å²) in [6.07, 6.45) is -4.40. The van der Waals surface area contributed by atoms with E-state index in [0.717, 1.165) is 6.42 Å². The van der Waals surface area contributed by atoms with Crippen molar-refractivity contribution in [1.82, 2.24) is 0 Å². The van der Waals surface area contributed by atoms with Gasteiger partial charge in [0.1, 0.15) is 5.70 Å². The van der Waals surface area contributed by atoms with Crippen molar-refractivity contribution in [3.05, 3.63) is 41.6 Å². The lowest BCUT2D eigenvalue weighted by Gasteiger charge is -2.23. The Balaban J connectivity index is 2.31. The van der Waals surface area contributed by atoms with E-state index >= 15 is 0 Å². The van der Waals surface area contributed by atoms with E-state index in [0.29, 0.717) is 18.8 Å². The third-order valence-electron chi connectivity index (χ3n) is 3.06. The van der Waals surface area contributed by atoms with Gasteiger partial charge in [-0.3, -0.25) is 0 Å². The Morgan fingerprint density at radius 3 is 2.58 bits per heavy atom. The smallest absolute Gasteiger partial charge is 0.430 e. The van der Waals surface area contributed by atoms with Crippen LogP contribution in [0.25, 0.3) is 0 Å². The maximum absolute atomic E-state index is 12.4. The molecule has 24 heavy (non-hydrogen) atoms. The number of hydrogen-bond donors (Lipinski definition) is 2. The van der Waals surface area contributed by atoms with Crippen molar-refractivity contribution in [1.29, 1.82) is 0 Å². The molecule has 1 saturated heterocycles. The number of carboxylic acids is 1. The first-order valence-corrected chi connectivity index (χ1v) is 6.97. The van der Waals surface area contributed by atoms with Crippen molar-refractivity contribution < 1.29 is 32.5 Å². The SMILES string of the molecule is N/C(=C\C(=Nc1cccc(C2OCCCO2)c1)C(=O)O)C(F)(F)F. The van der Waals surface area contributed by atoms with E-state index in [1.54, 1.807) is 12.1 Å². The number of benzene rings is 1. The Hall–Kier alpha value is -2.39. The molecular formula is C15H15F3N2O4. The molecule has 0 unspecified atom stereocenters. The van der Waals surface area contributed by atoms with Crippen LogP contribution in [0.1, 0.15) is 18.3 Å². The highest BCUT2D eigenvalue weighted by molar-refractivity contribution is 6.41. The summed E-state index contributed by atoms with van der Waals surface area (Å²) in [5.41, 5.74) is 3.21. The van der Waals surface area contributed by atoms with Crippen molar-refractivity contribution in [2.75, 3.05) is 13.2 Å². The second kappa shape index (κ2) is 7.45. The average molecular weight is 344 g/mol. The molecule has 0 atom stereocenters. The second-order valence-corrected chi connectivity index (χ2v) is 4.92. The molecule has 0 radical (unpaired) electrons. The fourth-order valence-corrected chi connectivity index (χ4v) is 1.93. The van der Waals surface area contributed by atoms with E-state index in [2.05, 4.69) is 4.99 Å². The second-order valence-electron chi connectivity index (χ2n) is 4.92. The molecule has 1 heterocycles. The van der Waals surface area contributed by atoms with Crippen molar-refractivity contribution in [3.8, 4) is 0 Å². The number of aliphatic carboxylic acids is 1. The summed E-state index contributed by atoms with van der Waals surface area (Å²) in [6, 6.07) is 6.20. The fourth-order valence-electron chi connectivity index (χ4n) is 1.93. The number of nitrogens with two attached hydrogens (primary N) is 1. The molecule has 9 heteroatoms. The summed E-state index contributed by atoms with van der Waals surface area (Å²) < 4.78 is 48.2. The molecule has 0 aliphatic carbocycles. The van der Waals surface area contributed by atoms with E-state index in [4.69, 9.17) is 20.3 Å². The van der Waals surface area contributed by atoms with E-state index in [1.165, 1.54) is 12.1 Å². The molecule has 1 aliphatic heterocycles. The highest BCUT2D eigenvalue weighted by Gasteiger charge is 2.32. The third kappa shape index (κ3) is 4.80. The van der Waals surface area contributed by atoms with Crippen LogP contribution in [0.4, 0.5) is 18.9 Å². The maximum Gasteiger partial charge on any atom is 0.430 e. The van der Waals surface area contributed by atoms with Crippen molar-refractivity contribution in [2.45, 2.75) is 18.9 Å². The Kier molecular flexibility index (Phi) is 5.58. The van der Waals surface area contributed by atoms with Gasteiger partial charge in [-0.25, -0.2) is 9.79 Å². The minimum Gasteiger partial charge on any atom is -0.477 e. The number of carbonyl (C=O) groups is 1. The molecule has 2 rings (SSSR count). The predicted octanol–water partition coefficient (Wildman–Crippen LogP) is 2.68. The van der Waals surface area contributed by atoms with Crippen molar-refractivity contribution in [3.63, 3.8) is 0 Å². The zero-order valence-corrected chi connectivity index (χ0v) is 12.4. The molecule has 130 valence electrons. The standard InChI is InChI=1S/C15H15F3N2O4/c16-15(17,18)12(19)8-11(13(21)22)20-10-4-1-3-9(7-10)14-23-5-2-6-24-14/h1,3-4,7-8,14H,2,5-6,19H2,(H,21,22)/b12-8-,20-11?. The van der Waals surface area contributed by atoms with Gasteiger partial charge in [-0.2, -0.15) is 13.2 Å². The number of nitrogens with zero attached hydrogens (tertiary/aromatic N) is 1. The zero-order chi connectivity index (χ0) is 17.7. The first-order valence-electron chi connectivity index (χ1n) is 6.97. The van der Waals surface area contributed by atoms with E-state index in [-0.39, 0.29) is 11.8 Å². The fraction of sp³-hybridized carbons (Fsp3) is 0.333. The monoisotopic (exact) mass is 344 g/mol. The van der Waals surface area contributed by atoms with Gasteiger partial charge >= 0.3 is 12.1 Å². The third-order valence-corrected chi connectivity index (χ3v) is 3.06. The van der Waals surface area contributed by atoms with Crippen LogP contribution in [-0.4, -0.2) is 36.2 Å². The Morgan fingerprint density at radius 1 is 1.33 bits per heavy atom. The number of aliphatic imine (C=N–C) groups is 1. The van der Waals surface area contributed by atoms with Gasteiger partial charge in [0.25, 0.3) is 0 Å². The molecule has 0 aromatic heterocycles. The Bertz CT molecular complexity index is 665. The molecule has 6 nitrogen and oxygen atoms in total. The van der Waals surface area contributed by atoms with Crippen LogP contribution in [0, 0.1) is 0 Å². The molecule has 0 bridgehead atoms. The topological polar surface area (TPSA) is 94.1 Å². The van der Waals surface area contributed by atoms with Gasteiger partial charge in [0.15, 0.2) is 12.0 Å². The largest absolute Gasteiger partial charge is 0.477 e. The minimum absolute atomic E-state index is 0.147. The molecular weight excluding hydrogens is 329 g/mol. The van der Waals surface area contributed by atoms with E-state index in [1.807, 2.05) is 0 Å². The van der Waals surface area contributed by atoms with Crippen LogP contribution in [0.2, 0.25) is 0 Å². The molecule has 1 fully saturated rings. The number of allylic oxidation sites excluding steroid dienone is 1. The number of carboxylic acid groups (broad SMARTS) is 1. The predicted molar refractivity (Wildman–Crippen MR) is 78.8 cm³/mol. The number of hydrogen-bond acceptors (Lipinski definition) is 5. The highest BCUT2D eigenvalue weighted by atomic mass is 19.4. The number of ether oxygens (including phenoxy) is 2. The van der Waals surface area contributed by atoms with Gasteiger partial charge < -0.3 is 20.3 Å². The zero-order valence-electron chi connectivity index (χ0n) is 12.4. The van der Waals surface area contributed by atoms with Gasteiger partial charge in [0.2, 0.25) is 0 Å². The lowest BCUT2D eigenvalue weighted by Crippen LogP contribution is -2.22. The van der Waals surface area contributed by atoms with Gasteiger partial charge in [0.05, 0.1) is 18.9 Å². The molecule has 1 aromatic rings. The van der Waals surface area contributed by atoms with Crippen LogP contribution >= 0.6 is 0 Å². The summed E-state index contributed by atoms with van der Waals surface area (Å²) in [5.74, 6) is -1.63. The lowest BCUT2D eigenvalue weighted by molar-refractivity contribution is -0.183. The summed E-state index contributed by atoms with van der Waals surface area (Å²) in [5, 5.41) is 9.02. The molecule has 0 spiro atoms. The van der Waals surface area contributed by atoms with Gasteiger partial charge in [-0.05, 0) is 24.6 Å². The Labute approximate surface area is 135 Å². The van der Waals surface area contributed by atoms with Gasteiger partial charge in [0, 0.05) is 5.56 Å². The summed E-state index contributed by atoms with van der Waals surface area (Å²) in [4.78, 5) is 14.8. The van der Waals surface area contributed by atoms with Crippen LogP contribution in [0.15, 0.2) is 41.0 Å². The van der Waals surface area contributed by atoms with Crippen LogP contribution < -0.4 is 5.73 Å². The maximum atomic E-state index is 12.4. The number of halogens is 3. The van der Waals surface area contributed by atoms with E-state index < -0.39 is 29.8 Å². The lowest BCUT2D eigenvalue weighted by atomic mass is 10.2. The highest BCUT2D eigenvalue weighted by Crippen LogP contribution is 2.26. The molecule has 1 aromatic carbocycles. The number of alkyl halides is 3. The Morgan fingerprint density at radius 2 is 2.00 bits per heavy atom. The van der Waals surface area contributed by atoms with Crippen molar-refractivity contribution in [2.24, 2.45) is 10.7 Å². The summed E-state index contributed by atoms with van der Waals surface area (Å²) in [6.45, 7) is 1.03. The summed E-state index contributed by atoms with van der Waals surface area (Å²) in [7, 11) is 0. The first kappa shape index (κ1) is 18.0. The molecule has 1 aliphatic rings. The van der Waals surface area contributed by atoms with E-state index in [9.17, 15) is 18.0 Å². The van der Waals surface area contributed by atoms with Gasteiger partial charge in [-0.1, -0.05) is 12.1 Å². The molecule has 0 amide bonds. The van der Waals surface area contributed by atoms with Crippen molar-refractivity contribution >= 4 is 17.4 Å². The van der Waals surface area contributed by atoms with Crippen LogP contribution in [0.5, 0.6) is 0 Å². The number of rotatable bonds is 4. The minimum atomic E-state index is -4.83. The van der Waals surface area contributed by atoms with Crippen LogP contribution in [-0.2, 0) is 14.3 Å². The average Bonchev–Trinajstić information content (AvgIpc) is 2.54. The molecule has 0 saturated carbocycles. The summed E-state index contributed by atoms with van der Waals surface area (Å²) >= 11 is 0. The molecule has 3 N–H and O–H groups in total. The first-order chi connectivity index (χ1) is 11.3. The normalized spacial score (nSPS) is 17.8. The van der Waals surface area contributed by atoms with Crippen LogP contribution in [0.3, 0.4) is 0 Å².